The van der Waals surface area contributed by atoms with Crippen molar-refractivity contribution >= 4 is 22.8 Å². The van der Waals surface area contributed by atoms with Gasteiger partial charge in [0.05, 0.1) is 17.1 Å². The number of nitrogens with one attached hydrogen (secondary N) is 2. The van der Waals surface area contributed by atoms with E-state index in [-0.39, 0.29) is 36.4 Å². The highest BCUT2D eigenvalue weighted by Gasteiger charge is 2.21. The molecule has 1 heterocycles. The van der Waals surface area contributed by atoms with Crippen molar-refractivity contribution in [2.24, 2.45) is 5.92 Å². The zero-order chi connectivity index (χ0) is 18.6. The second-order valence-electron chi connectivity index (χ2n) is 6.81. The summed E-state index contributed by atoms with van der Waals surface area (Å²) in [6, 6.07) is 7.55. The first-order chi connectivity index (χ1) is 11.8. The van der Waals surface area contributed by atoms with Crippen LogP contribution in [0.15, 0.2) is 24.3 Å². The number of amides is 2. The molecule has 0 saturated carbocycles. The third-order valence-corrected chi connectivity index (χ3v) is 4.28. The number of benzene rings is 1. The quantitative estimate of drug-likeness (QED) is 0.811. The second-order valence-corrected chi connectivity index (χ2v) is 6.81. The second kappa shape index (κ2) is 8.14. The highest BCUT2D eigenvalue weighted by atomic mass is 16.2. The van der Waals surface area contributed by atoms with Gasteiger partial charge in [0.15, 0.2) is 0 Å². The maximum absolute atomic E-state index is 12.4. The van der Waals surface area contributed by atoms with E-state index in [1.165, 1.54) is 0 Å². The van der Waals surface area contributed by atoms with Crippen molar-refractivity contribution in [3.8, 4) is 0 Å². The van der Waals surface area contributed by atoms with Crippen LogP contribution in [-0.4, -0.2) is 27.4 Å². The standard InChI is InChI=1S/C19H28N4O2/c1-6-13(4)20-17(24)11-23-16-10-8-7-9-15(16)22-18(23)14(5)21-19(25)12(2)3/h7-10,12-14H,6,11H2,1-5H3,(H,20,24)(H,21,25). The Kier molecular flexibility index (Phi) is 6.17. The van der Waals surface area contributed by atoms with Crippen LogP contribution in [0.1, 0.15) is 52.9 Å². The Morgan fingerprint density at radius 1 is 1.12 bits per heavy atom. The van der Waals surface area contributed by atoms with Crippen molar-refractivity contribution in [1.82, 2.24) is 20.2 Å². The van der Waals surface area contributed by atoms with Crippen LogP contribution in [0.5, 0.6) is 0 Å². The minimum atomic E-state index is -0.279. The Balaban J connectivity index is 2.32. The van der Waals surface area contributed by atoms with Crippen molar-refractivity contribution in [2.75, 3.05) is 0 Å². The number of hydrogen-bond donors (Lipinski definition) is 2. The zero-order valence-electron chi connectivity index (χ0n) is 15.7. The van der Waals surface area contributed by atoms with Gasteiger partial charge in [-0.25, -0.2) is 4.98 Å². The summed E-state index contributed by atoms with van der Waals surface area (Å²) in [6.07, 6.45) is 0.879. The summed E-state index contributed by atoms with van der Waals surface area (Å²) in [7, 11) is 0. The maximum atomic E-state index is 12.4. The first-order valence-electron chi connectivity index (χ1n) is 8.88. The van der Waals surface area contributed by atoms with Crippen molar-refractivity contribution < 1.29 is 9.59 Å². The number of fused-ring (bicyclic) bond motifs is 1. The largest absolute Gasteiger partial charge is 0.352 e. The van der Waals surface area contributed by atoms with Gasteiger partial charge in [-0.2, -0.15) is 0 Å². The molecule has 2 N–H and O–H groups in total. The summed E-state index contributed by atoms with van der Waals surface area (Å²) < 4.78 is 1.89. The lowest BCUT2D eigenvalue weighted by Gasteiger charge is -2.18. The van der Waals surface area contributed by atoms with E-state index in [1.54, 1.807) is 0 Å². The molecule has 0 spiro atoms. The van der Waals surface area contributed by atoms with Crippen LogP contribution >= 0.6 is 0 Å². The SMILES string of the molecule is CCC(C)NC(=O)Cn1c(C(C)NC(=O)C(C)C)nc2ccccc21. The molecule has 0 radical (unpaired) electrons. The van der Waals surface area contributed by atoms with Gasteiger partial charge < -0.3 is 15.2 Å². The summed E-state index contributed by atoms with van der Waals surface area (Å²) in [4.78, 5) is 29.1. The fraction of sp³-hybridized carbons (Fsp3) is 0.526. The number of imidazole rings is 1. The molecule has 2 amide bonds. The lowest BCUT2D eigenvalue weighted by atomic mass is 10.2. The Hall–Kier alpha value is -2.37. The number of rotatable bonds is 7. The van der Waals surface area contributed by atoms with Crippen LogP contribution in [-0.2, 0) is 16.1 Å². The number of para-hydroxylation sites is 2. The lowest BCUT2D eigenvalue weighted by Crippen LogP contribution is -2.36. The molecule has 2 atom stereocenters. The van der Waals surface area contributed by atoms with Crippen LogP contribution in [0, 0.1) is 5.92 Å². The van der Waals surface area contributed by atoms with Crippen LogP contribution in [0.25, 0.3) is 11.0 Å². The predicted molar refractivity (Wildman–Crippen MR) is 99.0 cm³/mol. The van der Waals surface area contributed by atoms with Gasteiger partial charge in [-0.15, -0.1) is 0 Å². The monoisotopic (exact) mass is 344 g/mol. The molecule has 0 fully saturated rings. The minimum Gasteiger partial charge on any atom is -0.352 e. The first kappa shape index (κ1) is 19.0. The van der Waals surface area contributed by atoms with Gasteiger partial charge in [-0.1, -0.05) is 32.9 Å². The normalized spacial score (nSPS) is 13.7. The highest BCUT2D eigenvalue weighted by Crippen LogP contribution is 2.21. The molecule has 1 aromatic heterocycles. The maximum Gasteiger partial charge on any atom is 0.240 e. The molecule has 2 aromatic rings. The number of nitrogens with zero attached hydrogens (tertiary/aromatic N) is 2. The van der Waals surface area contributed by atoms with Crippen molar-refractivity contribution in [1.29, 1.82) is 0 Å². The third kappa shape index (κ3) is 4.59. The van der Waals surface area contributed by atoms with Crippen molar-refractivity contribution in [3.63, 3.8) is 0 Å². The first-order valence-corrected chi connectivity index (χ1v) is 8.88. The highest BCUT2D eigenvalue weighted by molar-refractivity contribution is 5.82. The molecule has 25 heavy (non-hydrogen) atoms. The van der Waals surface area contributed by atoms with Gasteiger partial charge in [0.2, 0.25) is 11.8 Å². The van der Waals surface area contributed by atoms with Gasteiger partial charge in [0.25, 0.3) is 0 Å². The van der Waals surface area contributed by atoms with E-state index in [0.29, 0.717) is 5.82 Å². The van der Waals surface area contributed by atoms with Crippen LogP contribution in [0.2, 0.25) is 0 Å². The molecule has 136 valence electrons. The summed E-state index contributed by atoms with van der Waals surface area (Å²) in [5.41, 5.74) is 1.71. The number of hydrogen-bond acceptors (Lipinski definition) is 3. The molecule has 0 aliphatic rings. The average molecular weight is 344 g/mol. The van der Waals surface area contributed by atoms with E-state index in [9.17, 15) is 9.59 Å². The van der Waals surface area contributed by atoms with Crippen molar-refractivity contribution in [2.45, 2.75) is 59.7 Å². The Bertz CT molecular complexity index is 751. The summed E-state index contributed by atoms with van der Waals surface area (Å²) >= 11 is 0. The zero-order valence-corrected chi connectivity index (χ0v) is 15.7. The van der Waals surface area contributed by atoms with E-state index in [0.717, 1.165) is 17.5 Å². The molecule has 6 nitrogen and oxygen atoms in total. The molecule has 0 aliphatic carbocycles. The smallest absolute Gasteiger partial charge is 0.240 e. The van der Waals surface area contributed by atoms with Crippen LogP contribution in [0.4, 0.5) is 0 Å². The molecule has 2 rings (SSSR count). The predicted octanol–water partition coefficient (Wildman–Crippen LogP) is 2.78. The molecule has 1 aromatic carbocycles. The van der Waals surface area contributed by atoms with Gasteiger partial charge in [0.1, 0.15) is 12.4 Å². The fourth-order valence-corrected chi connectivity index (χ4v) is 2.60. The van der Waals surface area contributed by atoms with Gasteiger partial charge in [0, 0.05) is 12.0 Å². The van der Waals surface area contributed by atoms with E-state index in [2.05, 4.69) is 15.6 Å². The van der Waals surface area contributed by atoms with Gasteiger partial charge in [-0.05, 0) is 32.4 Å². The van der Waals surface area contributed by atoms with Crippen molar-refractivity contribution in [3.05, 3.63) is 30.1 Å². The summed E-state index contributed by atoms with van der Waals surface area (Å²) in [6.45, 7) is 9.80. The summed E-state index contributed by atoms with van der Waals surface area (Å²) in [5, 5.41) is 5.95. The number of aromatic nitrogens is 2. The molecular formula is C19H28N4O2. The third-order valence-electron chi connectivity index (χ3n) is 4.28. The molecule has 0 saturated heterocycles. The van der Waals surface area contributed by atoms with E-state index in [4.69, 9.17) is 0 Å². The Morgan fingerprint density at radius 3 is 2.44 bits per heavy atom. The van der Waals surface area contributed by atoms with Gasteiger partial charge >= 0.3 is 0 Å². The topological polar surface area (TPSA) is 76.0 Å². The lowest BCUT2D eigenvalue weighted by molar-refractivity contribution is -0.124. The van der Waals surface area contributed by atoms with E-state index in [1.807, 2.05) is 63.5 Å². The number of carbonyl (C=O) groups excluding carboxylic acids is 2. The Labute approximate surface area is 149 Å². The molecule has 0 bridgehead atoms. The molecule has 0 aliphatic heterocycles. The fourth-order valence-electron chi connectivity index (χ4n) is 2.60. The summed E-state index contributed by atoms with van der Waals surface area (Å²) in [5.74, 6) is 0.500. The average Bonchev–Trinajstić information content (AvgIpc) is 2.93. The van der Waals surface area contributed by atoms with Crippen LogP contribution in [0.3, 0.4) is 0 Å². The number of carbonyl (C=O) groups is 2. The van der Waals surface area contributed by atoms with Gasteiger partial charge in [-0.3, -0.25) is 9.59 Å². The molecule has 2 unspecified atom stereocenters. The van der Waals surface area contributed by atoms with E-state index >= 15 is 0 Å². The Morgan fingerprint density at radius 2 is 1.80 bits per heavy atom. The van der Waals surface area contributed by atoms with E-state index < -0.39 is 0 Å². The minimum absolute atomic E-state index is 0.0323. The van der Waals surface area contributed by atoms with Crippen LogP contribution < -0.4 is 10.6 Å². The molecule has 6 heteroatoms. The molecular weight excluding hydrogens is 316 g/mol.